The number of hydrogen-bond acceptors (Lipinski definition) is 7. The van der Waals surface area contributed by atoms with Gasteiger partial charge in [-0.1, -0.05) is 34.1 Å². The third kappa shape index (κ3) is 13.1. The number of carbonyl (C=O) groups is 5. The maximum Gasteiger partial charge on any atom is 0.326 e. The van der Waals surface area contributed by atoms with Gasteiger partial charge >= 0.3 is 5.97 Å². The molecule has 10 N–H and O–H groups in total. The molecule has 0 bridgehead atoms. The van der Waals surface area contributed by atoms with E-state index in [2.05, 4.69) is 16.0 Å². The van der Waals surface area contributed by atoms with E-state index >= 15 is 0 Å². The van der Waals surface area contributed by atoms with Crippen LogP contribution in [-0.2, 0) is 24.0 Å². The van der Waals surface area contributed by atoms with Crippen LogP contribution in [0.4, 0.5) is 0 Å². The Balaban J connectivity index is 5.56. The van der Waals surface area contributed by atoms with Gasteiger partial charge in [-0.3, -0.25) is 19.2 Å². The van der Waals surface area contributed by atoms with Crippen molar-refractivity contribution in [1.82, 2.24) is 16.0 Å². The summed E-state index contributed by atoms with van der Waals surface area (Å²) in [4.78, 5) is 61.4. The van der Waals surface area contributed by atoms with Crippen molar-refractivity contribution in [2.75, 3.05) is 6.54 Å². The molecule has 0 heterocycles. The number of nitrogens with two attached hydrogens (primary N) is 3. The van der Waals surface area contributed by atoms with Gasteiger partial charge in [0, 0.05) is 6.42 Å². The first kappa shape index (κ1) is 32.3. The first-order chi connectivity index (χ1) is 16.3. The quantitative estimate of drug-likeness (QED) is 0.119. The minimum atomic E-state index is -1.22. The van der Waals surface area contributed by atoms with Crippen molar-refractivity contribution in [2.24, 2.45) is 29.0 Å². The highest BCUT2D eigenvalue weighted by Crippen LogP contribution is 2.10. The second kappa shape index (κ2) is 16.8. The lowest BCUT2D eigenvalue weighted by Crippen LogP contribution is -2.58. The van der Waals surface area contributed by atoms with Crippen LogP contribution in [-0.4, -0.2) is 65.4 Å². The molecule has 0 spiro atoms. The smallest absolute Gasteiger partial charge is 0.326 e. The van der Waals surface area contributed by atoms with Crippen molar-refractivity contribution in [1.29, 1.82) is 0 Å². The highest BCUT2D eigenvalue weighted by atomic mass is 16.4. The maximum absolute atomic E-state index is 13.1. The van der Waals surface area contributed by atoms with Crippen LogP contribution in [0.1, 0.15) is 72.6 Å². The molecule has 0 radical (unpaired) electrons. The fourth-order valence-corrected chi connectivity index (χ4v) is 3.33. The van der Waals surface area contributed by atoms with Gasteiger partial charge < -0.3 is 38.3 Å². The fraction of sp³-hybridized carbons (Fsp3) is 0.783. The molecule has 12 heteroatoms. The average Bonchev–Trinajstić information content (AvgIpc) is 2.78. The van der Waals surface area contributed by atoms with E-state index in [1.54, 1.807) is 0 Å². The molecule has 0 fully saturated rings. The minimum absolute atomic E-state index is 0.0303. The summed E-state index contributed by atoms with van der Waals surface area (Å²) >= 11 is 0. The van der Waals surface area contributed by atoms with Gasteiger partial charge in [0.05, 0.1) is 6.04 Å². The Morgan fingerprint density at radius 1 is 0.829 bits per heavy atom. The van der Waals surface area contributed by atoms with E-state index in [1.807, 2.05) is 27.7 Å². The molecule has 5 atom stereocenters. The van der Waals surface area contributed by atoms with Gasteiger partial charge in [-0.05, 0) is 50.5 Å². The molecule has 12 nitrogen and oxygen atoms in total. The van der Waals surface area contributed by atoms with Crippen LogP contribution < -0.4 is 33.2 Å². The molecule has 0 rings (SSSR count). The summed E-state index contributed by atoms with van der Waals surface area (Å²) in [5.74, 6) is -3.85. The van der Waals surface area contributed by atoms with Crippen LogP contribution in [0.2, 0.25) is 0 Å². The number of carboxylic acid groups (broad SMARTS) is 1. The zero-order valence-electron chi connectivity index (χ0n) is 21.3. The molecule has 4 amide bonds. The predicted octanol–water partition coefficient (Wildman–Crippen LogP) is -0.661. The van der Waals surface area contributed by atoms with Crippen LogP contribution in [0.15, 0.2) is 0 Å². The topological polar surface area (TPSA) is 220 Å². The summed E-state index contributed by atoms with van der Waals surface area (Å²) in [6.07, 6.45) is 1.88. The Bertz CT molecular complexity index is 717. The lowest BCUT2D eigenvalue weighted by atomic mass is 9.97. The third-order valence-corrected chi connectivity index (χ3v) is 5.77. The minimum Gasteiger partial charge on any atom is -0.480 e. The zero-order chi connectivity index (χ0) is 27.1. The van der Waals surface area contributed by atoms with E-state index < -0.39 is 53.8 Å². The Kier molecular flexibility index (Phi) is 15.5. The Labute approximate surface area is 207 Å². The number of primary amides is 1. The molecule has 0 aromatic heterocycles. The lowest BCUT2D eigenvalue weighted by Gasteiger charge is -2.27. The number of amides is 4. The van der Waals surface area contributed by atoms with Gasteiger partial charge in [0.2, 0.25) is 23.6 Å². The number of hydrogen-bond donors (Lipinski definition) is 7. The fourth-order valence-electron chi connectivity index (χ4n) is 3.33. The number of aliphatic carboxylic acids is 1. The van der Waals surface area contributed by atoms with Gasteiger partial charge in [-0.2, -0.15) is 0 Å². The highest BCUT2D eigenvalue weighted by molar-refractivity contribution is 5.94. The number of unbranched alkanes of at least 4 members (excludes halogenated alkanes) is 1. The zero-order valence-corrected chi connectivity index (χ0v) is 21.3. The largest absolute Gasteiger partial charge is 0.480 e. The summed E-state index contributed by atoms with van der Waals surface area (Å²) in [5.41, 5.74) is 16.6. The van der Waals surface area contributed by atoms with Gasteiger partial charge in [0.25, 0.3) is 0 Å². The number of nitrogens with one attached hydrogen (secondary N) is 3. The van der Waals surface area contributed by atoms with Crippen molar-refractivity contribution in [2.45, 2.75) is 96.8 Å². The first-order valence-corrected chi connectivity index (χ1v) is 12.2. The summed E-state index contributed by atoms with van der Waals surface area (Å²) in [5, 5.41) is 17.1. The molecule has 35 heavy (non-hydrogen) atoms. The van der Waals surface area contributed by atoms with Crippen LogP contribution in [0.25, 0.3) is 0 Å². The van der Waals surface area contributed by atoms with Crippen LogP contribution in [0.3, 0.4) is 0 Å². The molecule has 5 unspecified atom stereocenters. The van der Waals surface area contributed by atoms with Crippen LogP contribution in [0, 0.1) is 11.8 Å². The molecule has 0 aliphatic heterocycles. The second-order valence-electron chi connectivity index (χ2n) is 9.35. The van der Waals surface area contributed by atoms with E-state index in [-0.39, 0.29) is 37.5 Å². The third-order valence-electron chi connectivity index (χ3n) is 5.77. The van der Waals surface area contributed by atoms with Gasteiger partial charge in [-0.15, -0.1) is 0 Å². The maximum atomic E-state index is 13.1. The number of carboxylic acids is 1. The normalized spacial score (nSPS) is 15.4. The molecule has 0 aromatic rings. The van der Waals surface area contributed by atoms with Crippen molar-refractivity contribution in [3.05, 3.63) is 0 Å². The summed E-state index contributed by atoms with van der Waals surface area (Å²) in [6.45, 7) is 7.87. The molecule has 0 aliphatic carbocycles. The monoisotopic (exact) mass is 500 g/mol. The van der Waals surface area contributed by atoms with Crippen molar-refractivity contribution in [3.63, 3.8) is 0 Å². The van der Waals surface area contributed by atoms with Gasteiger partial charge in [0.1, 0.15) is 18.1 Å². The molecule has 0 saturated heterocycles. The van der Waals surface area contributed by atoms with Gasteiger partial charge in [0.15, 0.2) is 0 Å². The van der Waals surface area contributed by atoms with Crippen molar-refractivity contribution in [3.8, 4) is 0 Å². The SMILES string of the molecule is CCC(C)C(N)C(=O)NC(CC(C)C)C(=O)NC(CCC(N)=O)C(=O)NC(CCCCN)C(=O)O. The van der Waals surface area contributed by atoms with E-state index in [4.69, 9.17) is 17.2 Å². The Morgan fingerprint density at radius 3 is 1.86 bits per heavy atom. The van der Waals surface area contributed by atoms with E-state index in [1.165, 1.54) is 0 Å². The standard InChI is InChI=1S/C23H44N6O6/c1-5-14(4)19(26)22(33)29-17(12-13(2)3)21(32)27-15(9-10-18(25)30)20(31)28-16(23(34)35)8-6-7-11-24/h13-17,19H,5-12,24,26H2,1-4H3,(H2,25,30)(H,27,32)(H,28,31)(H,29,33)(H,34,35). The summed E-state index contributed by atoms with van der Waals surface area (Å²) in [6, 6.07) is -4.18. The molecular formula is C23H44N6O6. The molecular weight excluding hydrogens is 456 g/mol. The molecule has 202 valence electrons. The lowest BCUT2D eigenvalue weighted by molar-refractivity contribution is -0.142. The van der Waals surface area contributed by atoms with Gasteiger partial charge in [-0.25, -0.2) is 4.79 Å². The van der Waals surface area contributed by atoms with Crippen LogP contribution >= 0.6 is 0 Å². The first-order valence-electron chi connectivity index (χ1n) is 12.2. The highest BCUT2D eigenvalue weighted by Gasteiger charge is 2.31. The number of carbonyl (C=O) groups excluding carboxylic acids is 4. The van der Waals surface area contributed by atoms with E-state index in [9.17, 15) is 29.1 Å². The van der Waals surface area contributed by atoms with Crippen molar-refractivity contribution >= 4 is 29.6 Å². The molecule has 0 saturated carbocycles. The average molecular weight is 501 g/mol. The van der Waals surface area contributed by atoms with Crippen molar-refractivity contribution < 1.29 is 29.1 Å². The van der Waals surface area contributed by atoms with E-state index in [0.29, 0.717) is 25.8 Å². The number of rotatable bonds is 18. The van der Waals surface area contributed by atoms with E-state index in [0.717, 1.165) is 0 Å². The molecule has 0 aromatic carbocycles. The summed E-state index contributed by atoms with van der Waals surface area (Å²) < 4.78 is 0. The summed E-state index contributed by atoms with van der Waals surface area (Å²) in [7, 11) is 0. The second-order valence-corrected chi connectivity index (χ2v) is 9.35. The van der Waals surface area contributed by atoms with Crippen LogP contribution in [0.5, 0.6) is 0 Å². The Hall–Kier alpha value is -2.73. The predicted molar refractivity (Wildman–Crippen MR) is 132 cm³/mol. The Morgan fingerprint density at radius 2 is 1.37 bits per heavy atom. The molecule has 0 aliphatic rings.